The highest BCUT2D eigenvalue weighted by Gasteiger charge is 2.28. The van der Waals surface area contributed by atoms with Crippen molar-refractivity contribution in [3.05, 3.63) is 23.4 Å². The highest BCUT2D eigenvalue weighted by atomic mass is 32.2. The molecule has 0 radical (unpaired) electrons. The quantitative estimate of drug-likeness (QED) is 0.759. The van der Waals surface area contributed by atoms with E-state index in [9.17, 15) is 8.78 Å². The summed E-state index contributed by atoms with van der Waals surface area (Å²) in [6, 6.07) is 0. The van der Waals surface area contributed by atoms with E-state index in [1.54, 1.807) is 17.8 Å². The topological polar surface area (TPSA) is 12.0 Å². The molecule has 74 valence electrons. The Balaban J connectivity index is 2.65. The molecule has 0 fully saturated rings. The average Bonchev–Trinajstić information content (AvgIpc) is 2.04. The number of halogens is 2. The molecule has 1 aliphatic rings. The molecule has 1 aliphatic heterocycles. The van der Waals surface area contributed by atoms with Crippen molar-refractivity contribution in [3.8, 4) is 0 Å². The predicted molar refractivity (Wildman–Crippen MR) is 53.2 cm³/mol. The Morgan fingerprint density at radius 2 is 2.23 bits per heavy atom. The molecule has 0 saturated carbocycles. The van der Waals surface area contributed by atoms with E-state index in [0.29, 0.717) is 6.54 Å². The Hall–Kier alpha value is -0.510. The second kappa shape index (κ2) is 4.13. The zero-order valence-corrected chi connectivity index (χ0v) is 8.55. The van der Waals surface area contributed by atoms with Gasteiger partial charge >= 0.3 is 0 Å². The van der Waals surface area contributed by atoms with Crippen LogP contribution in [0, 0.1) is 0 Å². The van der Waals surface area contributed by atoms with Gasteiger partial charge in [-0.15, -0.1) is 0 Å². The second-order valence-corrected chi connectivity index (χ2v) is 3.95. The molecule has 0 amide bonds. The van der Waals surface area contributed by atoms with Crippen molar-refractivity contribution in [1.82, 2.24) is 5.32 Å². The van der Waals surface area contributed by atoms with Gasteiger partial charge in [-0.2, -0.15) is 11.8 Å². The zero-order valence-electron chi connectivity index (χ0n) is 7.73. The third kappa shape index (κ3) is 3.03. The fraction of sp³-hybridized carbons (Fsp3) is 0.556. The number of thioether (sulfide) groups is 1. The van der Waals surface area contributed by atoms with E-state index in [1.807, 2.05) is 6.26 Å². The van der Waals surface area contributed by atoms with Gasteiger partial charge in [0, 0.05) is 19.2 Å². The van der Waals surface area contributed by atoms with E-state index in [-0.39, 0.29) is 5.70 Å². The molecule has 1 N–H and O–H groups in total. The summed E-state index contributed by atoms with van der Waals surface area (Å²) in [6.07, 6.45) is 5.24. The maximum absolute atomic E-state index is 12.8. The summed E-state index contributed by atoms with van der Waals surface area (Å²) in [5.74, 6) is -1.85. The molecule has 0 unspecified atom stereocenters. The molecule has 0 aromatic carbocycles. The van der Waals surface area contributed by atoms with E-state index in [4.69, 9.17) is 0 Å². The lowest BCUT2D eigenvalue weighted by Crippen LogP contribution is -2.31. The van der Waals surface area contributed by atoms with Crippen LogP contribution in [0.5, 0.6) is 0 Å². The first-order valence-corrected chi connectivity index (χ1v) is 5.44. The molecule has 0 aliphatic carbocycles. The van der Waals surface area contributed by atoms with Crippen LogP contribution in [0.4, 0.5) is 8.78 Å². The normalized spacial score (nSPS) is 17.5. The summed E-state index contributed by atoms with van der Waals surface area (Å²) in [7, 11) is 0. The number of hydrogen-bond acceptors (Lipinski definition) is 2. The molecule has 0 spiro atoms. The van der Waals surface area contributed by atoms with E-state index >= 15 is 0 Å². The summed E-state index contributed by atoms with van der Waals surface area (Å²) in [6.45, 7) is 1.44. The summed E-state index contributed by atoms with van der Waals surface area (Å²) in [4.78, 5) is 0. The number of hydrogen-bond donors (Lipinski definition) is 1. The van der Waals surface area contributed by atoms with Crippen LogP contribution < -0.4 is 5.32 Å². The number of dihydropyridines is 1. The molecule has 1 nitrogen and oxygen atoms in total. The molecule has 0 aromatic heterocycles. The Bertz CT molecular complexity index is 240. The van der Waals surface area contributed by atoms with Gasteiger partial charge in [0.05, 0.1) is 5.70 Å². The number of alkyl halides is 2. The minimum Gasteiger partial charge on any atom is -0.380 e. The SMILES string of the molecule is CSCC1=CC=C(C(C)(F)F)NC1. The summed E-state index contributed by atoms with van der Waals surface area (Å²) in [5, 5.41) is 2.72. The van der Waals surface area contributed by atoms with Gasteiger partial charge in [-0.25, -0.2) is 8.78 Å². The molecular formula is C9H13F2NS. The van der Waals surface area contributed by atoms with Crippen molar-refractivity contribution in [1.29, 1.82) is 0 Å². The predicted octanol–water partition coefficient (Wildman–Crippen LogP) is 2.42. The van der Waals surface area contributed by atoms with Crippen LogP contribution in [0.25, 0.3) is 0 Å². The Morgan fingerprint density at radius 1 is 1.54 bits per heavy atom. The second-order valence-electron chi connectivity index (χ2n) is 3.08. The first-order valence-electron chi connectivity index (χ1n) is 4.05. The van der Waals surface area contributed by atoms with E-state index in [1.165, 1.54) is 6.08 Å². The Labute approximate surface area is 81.3 Å². The minimum absolute atomic E-state index is 0.0114. The average molecular weight is 205 g/mol. The third-order valence-electron chi connectivity index (χ3n) is 1.79. The summed E-state index contributed by atoms with van der Waals surface area (Å²) >= 11 is 1.69. The van der Waals surface area contributed by atoms with Gasteiger partial charge in [0.2, 0.25) is 0 Å². The van der Waals surface area contributed by atoms with Crippen molar-refractivity contribution in [2.75, 3.05) is 18.6 Å². The van der Waals surface area contributed by atoms with Crippen molar-refractivity contribution in [2.24, 2.45) is 0 Å². The van der Waals surface area contributed by atoms with Crippen LogP contribution in [-0.4, -0.2) is 24.5 Å². The highest BCUT2D eigenvalue weighted by molar-refractivity contribution is 7.98. The fourth-order valence-electron chi connectivity index (χ4n) is 1.11. The van der Waals surface area contributed by atoms with E-state index in [0.717, 1.165) is 18.2 Å². The Morgan fingerprint density at radius 3 is 2.62 bits per heavy atom. The molecule has 0 saturated heterocycles. The van der Waals surface area contributed by atoms with Crippen LogP contribution in [0.1, 0.15) is 6.92 Å². The molecule has 1 rings (SSSR count). The lowest BCUT2D eigenvalue weighted by Gasteiger charge is -2.21. The first kappa shape index (κ1) is 10.6. The van der Waals surface area contributed by atoms with Crippen LogP contribution in [0.2, 0.25) is 0 Å². The van der Waals surface area contributed by atoms with Gasteiger partial charge in [0.25, 0.3) is 5.92 Å². The molecule has 4 heteroatoms. The van der Waals surface area contributed by atoms with Gasteiger partial charge in [-0.1, -0.05) is 6.08 Å². The van der Waals surface area contributed by atoms with Crippen molar-refractivity contribution < 1.29 is 8.78 Å². The maximum Gasteiger partial charge on any atom is 0.284 e. The summed E-state index contributed by atoms with van der Waals surface area (Å²) < 4.78 is 25.5. The largest absolute Gasteiger partial charge is 0.380 e. The number of nitrogens with one attached hydrogen (secondary N) is 1. The first-order chi connectivity index (χ1) is 6.04. The van der Waals surface area contributed by atoms with E-state index < -0.39 is 5.92 Å². The van der Waals surface area contributed by atoms with Gasteiger partial charge in [0.1, 0.15) is 0 Å². The maximum atomic E-state index is 12.8. The highest BCUT2D eigenvalue weighted by Crippen LogP contribution is 2.23. The molecular weight excluding hydrogens is 192 g/mol. The molecule has 0 aromatic rings. The van der Waals surface area contributed by atoms with E-state index in [2.05, 4.69) is 5.32 Å². The lowest BCUT2D eigenvalue weighted by molar-refractivity contribution is 0.0558. The van der Waals surface area contributed by atoms with Gasteiger partial charge in [-0.3, -0.25) is 0 Å². The Kier molecular flexibility index (Phi) is 3.36. The lowest BCUT2D eigenvalue weighted by atomic mass is 10.1. The standard InChI is InChI=1S/C9H13F2NS/c1-9(10,11)8-4-3-7(5-12-8)6-13-2/h3-4,12H,5-6H2,1-2H3. The van der Waals surface area contributed by atoms with Crippen molar-refractivity contribution >= 4 is 11.8 Å². The van der Waals surface area contributed by atoms with Crippen LogP contribution in [0.3, 0.4) is 0 Å². The van der Waals surface area contributed by atoms with Crippen LogP contribution in [-0.2, 0) is 0 Å². The smallest absolute Gasteiger partial charge is 0.284 e. The zero-order chi connectivity index (χ0) is 9.90. The molecule has 0 atom stereocenters. The van der Waals surface area contributed by atoms with Crippen molar-refractivity contribution in [2.45, 2.75) is 12.8 Å². The van der Waals surface area contributed by atoms with Gasteiger partial charge < -0.3 is 5.32 Å². The molecule has 1 heterocycles. The molecule has 13 heavy (non-hydrogen) atoms. The van der Waals surface area contributed by atoms with Crippen LogP contribution >= 0.6 is 11.8 Å². The third-order valence-corrected chi connectivity index (χ3v) is 2.45. The molecule has 0 bridgehead atoms. The van der Waals surface area contributed by atoms with Crippen LogP contribution in [0.15, 0.2) is 23.4 Å². The fourth-order valence-corrected chi connectivity index (χ4v) is 1.68. The minimum atomic E-state index is -2.75. The van der Waals surface area contributed by atoms with Gasteiger partial charge in [-0.05, 0) is 17.9 Å². The number of rotatable bonds is 3. The number of allylic oxidation sites excluding steroid dienone is 3. The van der Waals surface area contributed by atoms with Crippen molar-refractivity contribution in [3.63, 3.8) is 0 Å². The monoisotopic (exact) mass is 205 g/mol. The van der Waals surface area contributed by atoms with Gasteiger partial charge in [0.15, 0.2) is 0 Å². The summed E-state index contributed by atoms with van der Waals surface area (Å²) in [5.41, 5.74) is 1.16.